The van der Waals surface area contributed by atoms with Gasteiger partial charge in [-0.3, -0.25) is 0 Å². The van der Waals surface area contributed by atoms with Crippen LogP contribution in [0.3, 0.4) is 0 Å². The number of methoxy groups -OCH3 is 2. The fourth-order valence-corrected chi connectivity index (χ4v) is 2.69. The average Bonchev–Trinajstić information content (AvgIpc) is 2.42. The Kier molecular flexibility index (Phi) is 8.00. The van der Waals surface area contributed by atoms with Crippen LogP contribution in [0.5, 0.6) is 11.5 Å². The largest absolute Gasteiger partial charge is 0.497 e. The number of hydrogen-bond acceptors (Lipinski definition) is 3. The summed E-state index contributed by atoms with van der Waals surface area (Å²) in [5, 5.41) is 3.47. The standard InChI is InChI=1S/C16H26BrNO2/c1-12(2)11-18-8-6-5-7-14-15(17)9-13(19-3)10-16(14)20-4/h9-10,12,18H,5-8,11H2,1-4H3. The second-order valence-corrected chi connectivity index (χ2v) is 6.20. The molecular weight excluding hydrogens is 318 g/mol. The molecule has 4 heteroatoms. The average molecular weight is 344 g/mol. The molecule has 1 aromatic rings. The van der Waals surface area contributed by atoms with Crippen LogP contribution < -0.4 is 14.8 Å². The molecule has 0 amide bonds. The second-order valence-electron chi connectivity index (χ2n) is 5.35. The molecule has 0 aliphatic carbocycles. The van der Waals surface area contributed by atoms with Crippen LogP contribution in [0, 0.1) is 5.92 Å². The van der Waals surface area contributed by atoms with E-state index in [2.05, 4.69) is 35.1 Å². The van der Waals surface area contributed by atoms with Crippen molar-refractivity contribution in [2.75, 3.05) is 27.3 Å². The summed E-state index contributed by atoms with van der Waals surface area (Å²) in [6.07, 6.45) is 3.33. The molecule has 0 spiro atoms. The maximum Gasteiger partial charge on any atom is 0.126 e. The van der Waals surface area contributed by atoms with Crippen molar-refractivity contribution in [1.82, 2.24) is 5.32 Å². The van der Waals surface area contributed by atoms with Crippen LogP contribution in [0.2, 0.25) is 0 Å². The van der Waals surface area contributed by atoms with Gasteiger partial charge in [0, 0.05) is 16.1 Å². The minimum absolute atomic E-state index is 0.714. The zero-order chi connectivity index (χ0) is 15.0. The Bertz CT molecular complexity index is 408. The summed E-state index contributed by atoms with van der Waals surface area (Å²) in [6, 6.07) is 3.94. The molecule has 1 aromatic carbocycles. The number of rotatable bonds is 9. The van der Waals surface area contributed by atoms with E-state index >= 15 is 0 Å². The molecule has 0 aliphatic rings. The van der Waals surface area contributed by atoms with E-state index in [4.69, 9.17) is 9.47 Å². The number of unbranched alkanes of at least 4 members (excludes halogenated alkanes) is 1. The third-order valence-corrected chi connectivity index (χ3v) is 3.87. The summed E-state index contributed by atoms with van der Waals surface area (Å²) < 4.78 is 11.8. The van der Waals surface area contributed by atoms with E-state index in [-0.39, 0.29) is 0 Å². The van der Waals surface area contributed by atoms with E-state index < -0.39 is 0 Å². The third-order valence-electron chi connectivity index (χ3n) is 3.17. The molecule has 0 heterocycles. The Labute approximate surface area is 131 Å². The number of benzene rings is 1. The minimum atomic E-state index is 0.714. The summed E-state index contributed by atoms with van der Waals surface area (Å²) in [4.78, 5) is 0. The highest BCUT2D eigenvalue weighted by Crippen LogP contribution is 2.33. The van der Waals surface area contributed by atoms with Crippen LogP contribution in [0.15, 0.2) is 16.6 Å². The van der Waals surface area contributed by atoms with Gasteiger partial charge in [0.25, 0.3) is 0 Å². The van der Waals surface area contributed by atoms with Gasteiger partial charge < -0.3 is 14.8 Å². The highest BCUT2D eigenvalue weighted by atomic mass is 79.9. The molecule has 0 aliphatic heterocycles. The monoisotopic (exact) mass is 343 g/mol. The van der Waals surface area contributed by atoms with Crippen molar-refractivity contribution in [3.63, 3.8) is 0 Å². The molecule has 0 radical (unpaired) electrons. The predicted molar refractivity (Wildman–Crippen MR) is 87.9 cm³/mol. The van der Waals surface area contributed by atoms with Crippen LogP contribution >= 0.6 is 15.9 Å². The lowest BCUT2D eigenvalue weighted by atomic mass is 10.1. The van der Waals surface area contributed by atoms with Gasteiger partial charge in [-0.1, -0.05) is 29.8 Å². The summed E-state index contributed by atoms with van der Waals surface area (Å²) >= 11 is 3.61. The molecule has 0 atom stereocenters. The first kappa shape index (κ1) is 17.3. The van der Waals surface area contributed by atoms with Gasteiger partial charge in [0.15, 0.2) is 0 Å². The minimum Gasteiger partial charge on any atom is -0.497 e. The van der Waals surface area contributed by atoms with Crippen LogP contribution in [-0.2, 0) is 6.42 Å². The first-order valence-corrected chi connectivity index (χ1v) is 7.99. The first-order chi connectivity index (χ1) is 9.58. The van der Waals surface area contributed by atoms with Gasteiger partial charge in [0.05, 0.1) is 14.2 Å². The molecule has 0 aromatic heterocycles. The van der Waals surface area contributed by atoms with E-state index in [1.54, 1.807) is 14.2 Å². The predicted octanol–water partition coefficient (Wildman–Crippen LogP) is 4.03. The fourth-order valence-electron chi connectivity index (χ4n) is 2.07. The highest BCUT2D eigenvalue weighted by Gasteiger charge is 2.10. The van der Waals surface area contributed by atoms with Gasteiger partial charge in [0.2, 0.25) is 0 Å². The van der Waals surface area contributed by atoms with Gasteiger partial charge in [-0.25, -0.2) is 0 Å². The normalized spacial score (nSPS) is 10.9. The van der Waals surface area contributed by atoms with Crippen molar-refractivity contribution < 1.29 is 9.47 Å². The van der Waals surface area contributed by atoms with E-state index in [1.165, 1.54) is 12.0 Å². The van der Waals surface area contributed by atoms with Crippen molar-refractivity contribution in [3.05, 3.63) is 22.2 Å². The number of hydrogen-bond donors (Lipinski definition) is 1. The first-order valence-electron chi connectivity index (χ1n) is 7.19. The Morgan fingerprint density at radius 1 is 1.15 bits per heavy atom. The van der Waals surface area contributed by atoms with Crippen LogP contribution in [0.25, 0.3) is 0 Å². The molecule has 0 saturated heterocycles. The third kappa shape index (κ3) is 5.71. The van der Waals surface area contributed by atoms with Gasteiger partial charge in [0.1, 0.15) is 11.5 Å². The molecule has 1 rings (SSSR count). The molecule has 3 nitrogen and oxygen atoms in total. The molecule has 0 saturated carbocycles. The van der Waals surface area contributed by atoms with Crippen LogP contribution in [0.1, 0.15) is 32.3 Å². The molecule has 1 N–H and O–H groups in total. The van der Waals surface area contributed by atoms with Crippen LogP contribution in [0.4, 0.5) is 0 Å². The summed E-state index contributed by atoms with van der Waals surface area (Å²) in [5.41, 5.74) is 1.22. The van der Waals surface area contributed by atoms with Crippen molar-refractivity contribution in [1.29, 1.82) is 0 Å². The van der Waals surface area contributed by atoms with E-state index in [9.17, 15) is 0 Å². The Balaban J connectivity index is 2.47. The quantitative estimate of drug-likeness (QED) is 0.686. The smallest absolute Gasteiger partial charge is 0.126 e. The topological polar surface area (TPSA) is 30.5 Å². The maximum atomic E-state index is 5.45. The van der Waals surface area contributed by atoms with E-state index in [0.717, 1.165) is 41.9 Å². The Hall–Kier alpha value is -0.740. The van der Waals surface area contributed by atoms with Gasteiger partial charge in [-0.05, 0) is 44.3 Å². The van der Waals surface area contributed by atoms with Crippen molar-refractivity contribution in [2.45, 2.75) is 33.1 Å². The summed E-state index contributed by atoms with van der Waals surface area (Å²) in [6.45, 7) is 6.63. The van der Waals surface area contributed by atoms with Gasteiger partial charge in [-0.2, -0.15) is 0 Å². The Morgan fingerprint density at radius 3 is 2.50 bits per heavy atom. The highest BCUT2D eigenvalue weighted by molar-refractivity contribution is 9.10. The molecule has 0 fully saturated rings. The molecule has 114 valence electrons. The van der Waals surface area contributed by atoms with Crippen LogP contribution in [-0.4, -0.2) is 27.3 Å². The Morgan fingerprint density at radius 2 is 1.90 bits per heavy atom. The lowest BCUT2D eigenvalue weighted by Gasteiger charge is -2.13. The van der Waals surface area contributed by atoms with Gasteiger partial charge >= 0.3 is 0 Å². The van der Waals surface area contributed by atoms with Crippen molar-refractivity contribution in [2.24, 2.45) is 5.92 Å². The lowest BCUT2D eigenvalue weighted by Crippen LogP contribution is -2.20. The molecule has 0 bridgehead atoms. The molecule has 20 heavy (non-hydrogen) atoms. The van der Waals surface area contributed by atoms with E-state index in [1.807, 2.05) is 12.1 Å². The van der Waals surface area contributed by atoms with Crippen molar-refractivity contribution in [3.8, 4) is 11.5 Å². The molecular formula is C16H26BrNO2. The fraction of sp³-hybridized carbons (Fsp3) is 0.625. The zero-order valence-electron chi connectivity index (χ0n) is 13.0. The van der Waals surface area contributed by atoms with E-state index in [0.29, 0.717) is 5.92 Å². The zero-order valence-corrected chi connectivity index (χ0v) is 14.5. The number of nitrogens with one attached hydrogen (secondary N) is 1. The summed E-state index contributed by atoms with van der Waals surface area (Å²) in [7, 11) is 3.37. The number of halogens is 1. The summed E-state index contributed by atoms with van der Waals surface area (Å²) in [5.74, 6) is 2.42. The maximum absolute atomic E-state index is 5.45. The second kappa shape index (κ2) is 9.24. The van der Waals surface area contributed by atoms with Crippen molar-refractivity contribution >= 4 is 15.9 Å². The lowest BCUT2D eigenvalue weighted by molar-refractivity contribution is 0.390. The SMILES string of the molecule is COc1cc(Br)c(CCCCNCC(C)C)c(OC)c1. The molecule has 0 unspecified atom stereocenters. The number of ether oxygens (including phenoxy) is 2. The van der Waals surface area contributed by atoms with Gasteiger partial charge in [-0.15, -0.1) is 0 Å².